The molecule has 0 spiro atoms. The molecule has 1 aromatic heterocycles. The third-order valence-corrected chi connectivity index (χ3v) is 4.66. The molecule has 1 saturated heterocycles. The van der Waals surface area contributed by atoms with Crippen LogP contribution in [0, 0.1) is 5.92 Å². The number of hydrogen-bond acceptors (Lipinski definition) is 2. The summed E-state index contributed by atoms with van der Waals surface area (Å²) in [5.41, 5.74) is 3.83. The van der Waals surface area contributed by atoms with Gasteiger partial charge in [-0.05, 0) is 30.0 Å². The molecular weight excluding hydrogens is 240 g/mol. The molecule has 3 N–H and O–H groups in total. The number of benzene rings is 1. The molecule has 4 nitrogen and oxygen atoms in total. The topological polar surface area (TPSA) is 65.1 Å². The molecule has 2 aromatic rings. The summed E-state index contributed by atoms with van der Waals surface area (Å²) < 4.78 is 0. The van der Waals surface area contributed by atoms with Crippen LogP contribution in [0.2, 0.25) is 0 Å². The van der Waals surface area contributed by atoms with Crippen molar-refractivity contribution in [1.29, 1.82) is 0 Å². The standard InChI is InChI=1S/C15H16N2O2/c18-15(19)9-4-11-10-2-1-3-12-14(10)8(6-16-12)5-13(11)17-7-9/h1-3,6,9,11,13,16-17H,4-5,7H2,(H,18,19). The average Bonchev–Trinajstić information content (AvgIpc) is 2.83. The molecule has 4 heteroatoms. The van der Waals surface area contributed by atoms with Gasteiger partial charge in [0.25, 0.3) is 0 Å². The Morgan fingerprint density at radius 2 is 2.26 bits per heavy atom. The van der Waals surface area contributed by atoms with Crippen LogP contribution in [-0.4, -0.2) is 28.6 Å². The molecule has 0 radical (unpaired) electrons. The summed E-state index contributed by atoms with van der Waals surface area (Å²) >= 11 is 0. The van der Waals surface area contributed by atoms with Crippen LogP contribution >= 0.6 is 0 Å². The third-order valence-electron chi connectivity index (χ3n) is 4.66. The summed E-state index contributed by atoms with van der Waals surface area (Å²) in [5, 5.41) is 14.0. The highest BCUT2D eigenvalue weighted by Gasteiger charge is 2.38. The van der Waals surface area contributed by atoms with E-state index >= 15 is 0 Å². The van der Waals surface area contributed by atoms with Gasteiger partial charge in [0.1, 0.15) is 0 Å². The Morgan fingerprint density at radius 1 is 1.37 bits per heavy atom. The zero-order valence-corrected chi connectivity index (χ0v) is 10.5. The van der Waals surface area contributed by atoms with Crippen molar-refractivity contribution in [3.05, 3.63) is 35.5 Å². The normalized spacial score (nSPS) is 29.2. The fourth-order valence-corrected chi connectivity index (χ4v) is 3.73. The van der Waals surface area contributed by atoms with Gasteiger partial charge in [0.2, 0.25) is 0 Å². The molecular formula is C15H16N2O2. The number of piperidine rings is 1. The maximum Gasteiger partial charge on any atom is 0.307 e. The molecule has 0 saturated carbocycles. The molecule has 0 amide bonds. The van der Waals surface area contributed by atoms with Crippen LogP contribution in [0.4, 0.5) is 0 Å². The molecule has 1 aromatic carbocycles. The van der Waals surface area contributed by atoms with Gasteiger partial charge in [-0.3, -0.25) is 4.79 Å². The Bertz CT molecular complexity index is 661. The van der Waals surface area contributed by atoms with E-state index in [0.29, 0.717) is 18.5 Å². The summed E-state index contributed by atoms with van der Waals surface area (Å²) in [6, 6.07) is 6.69. The second kappa shape index (κ2) is 3.84. The number of H-pyrrole nitrogens is 1. The molecule has 19 heavy (non-hydrogen) atoms. The van der Waals surface area contributed by atoms with E-state index in [1.165, 1.54) is 22.0 Å². The van der Waals surface area contributed by atoms with Gasteiger partial charge < -0.3 is 15.4 Å². The molecule has 1 fully saturated rings. The highest BCUT2D eigenvalue weighted by Crippen LogP contribution is 2.41. The zero-order chi connectivity index (χ0) is 13.0. The van der Waals surface area contributed by atoms with Gasteiger partial charge in [-0.25, -0.2) is 0 Å². The summed E-state index contributed by atoms with van der Waals surface area (Å²) in [7, 11) is 0. The van der Waals surface area contributed by atoms with E-state index in [-0.39, 0.29) is 5.92 Å². The van der Waals surface area contributed by atoms with Crippen LogP contribution < -0.4 is 5.32 Å². The SMILES string of the molecule is O=C(O)C1CNC2Cc3c[nH]c4cccc(c34)C2C1. The minimum absolute atomic E-state index is 0.267. The maximum atomic E-state index is 11.2. The van der Waals surface area contributed by atoms with E-state index in [0.717, 1.165) is 12.8 Å². The lowest BCUT2D eigenvalue weighted by Gasteiger charge is -2.39. The number of rotatable bonds is 1. The van der Waals surface area contributed by atoms with Crippen molar-refractivity contribution in [3.8, 4) is 0 Å². The van der Waals surface area contributed by atoms with E-state index in [1.807, 2.05) is 0 Å². The van der Waals surface area contributed by atoms with Crippen molar-refractivity contribution < 1.29 is 9.90 Å². The van der Waals surface area contributed by atoms with Crippen LogP contribution in [-0.2, 0) is 11.2 Å². The van der Waals surface area contributed by atoms with Gasteiger partial charge in [-0.15, -0.1) is 0 Å². The number of carboxylic acids is 1. The molecule has 1 aliphatic carbocycles. The minimum Gasteiger partial charge on any atom is -0.481 e. The molecule has 4 rings (SSSR count). The van der Waals surface area contributed by atoms with E-state index in [9.17, 15) is 9.90 Å². The van der Waals surface area contributed by atoms with E-state index in [2.05, 4.69) is 34.7 Å². The Balaban J connectivity index is 1.82. The van der Waals surface area contributed by atoms with Gasteiger partial charge in [0, 0.05) is 35.6 Å². The van der Waals surface area contributed by atoms with Gasteiger partial charge in [-0.2, -0.15) is 0 Å². The Labute approximate surface area is 110 Å². The van der Waals surface area contributed by atoms with Crippen molar-refractivity contribution in [2.24, 2.45) is 5.92 Å². The molecule has 2 heterocycles. The Morgan fingerprint density at radius 3 is 3.11 bits per heavy atom. The van der Waals surface area contributed by atoms with Gasteiger partial charge >= 0.3 is 5.97 Å². The fraction of sp³-hybridized carbons (Fsp3) is 0.400. The highest BCUT2D eigenvalue weighted by molar-refractivity contribution is 5.88. The predicted octanol–water partition coefficient (Wildman–Crippen LogP) is 1.87. The van der Waals surface area contributed by atoms with Crippen LogP contribution in [0.5, 0.6) is 0 Å². The van der Waals surface area contributed by atoms with Crippen molar-refractivity contribution in [3.63, 3.8) is 0 Å². The van der Waals surface area contributed by atoms with Crippen LogP contribution in [0.3, 0.4) is 0 Å². The smallest absolute Gasteiger partial charge is 0.307 e. The number of carboxylic acid groups (broad SMARTS) is 1. The largest absolute Gasteiger partial charge is 0.481 e. The van der Waals surface area contributed by atoms with Crippen LogP contribution in [0.25, 0.3) is 10.9 Å². The maximum absolute atomic E-state index is 11.2. The third kappa shape index (κ3) is 1.53. The molecule has 1 aliphatic heterocycles. The first-order chi connectivity index (χ1) is 9.24. The van der Waals surface area contributed by atoms with Crippen LogP contribution in [0.1, 0.15) is 23.5 Å². The molecule has 98 valence electrons. The van der Waals surface area contributed by atoms with E-state index in [1.54, 1.807) is 0 Å². The first kappa shape index (κ1) is 11.1. The van der Waals surface area contributed by atoms with Gasteiger partial charge in [0.05, 0.1) is 5.92 Å². The second-order valence-corrected chi connectivity index (χ2v) is 5.68. The van der Waals surface area contributed by atoms with Crippen molar-refractivity contribution in [2.45, 2.75) is 24.8 Å². The zero-order valence-electron chi connectivity index (χ0n) is 10.5. The highest BCUT2D eigenvalue weighted by atomic mass is 16.4. The van der Waals surface area contributed by atoms with E-state index in [4.69, 9.17) is 0 Å². The molecule has 0 bridgehead atoms. The van der Waals surface area contributed by atoms with E-state index < -0.39 is 5.97 Å². The minimum atomic E-state index is -0.682. The lowest BCUT2D eigenvalue weighted by Crippen LogP contribution is -2.48. The summed E-state index contributed by atoms with van der Waals surface area (Å²) in [4.78, 5) is 14.5. The number of fused-ring (bicyclic) bond motifs is 2. The summed E-state index contributed by atoms with van der Waals surface area (Å²) in [6.45, 7) is 0.590. The van der Waals surface area contributed by atoms with Crippen LogP contribution in [0.15, 0.2) is 24.4 Å². The lowest BCUT2D eigenvalue weighted by atomic mass is 9.73. The number of aliphatic carboxylic acids is 1. The summed E-state index contributed by atoms with van der Waals surface area (Å²) in [5.74, 6) is -0.628. The number of aromatic amines is 1. The van der Waals surface area contributed by atoms with Gasteiger partial charge in [0.15, 0.2) is 0 Å². The van der Waals surface area contributed by atoms with Crippen molar-refractivity contribution in [1.82, 2.24) is 10.3 Å². The number of carbonyl (C=O) groups is 1. The Kier molecular flexibility index (Phi) is 2.23. The average molecular weight is 256 g/mol. The fourth-order valence-electron chi connectivity index (χ4n) is 3.73. The molecule has 2 aliphatic rings. The van der Waals surface area contributed by atoms with Crippen molar-refractivity contribution >= 4 is 16.9 Å². The number of nitrogens with one attached hydrogen (secondary N) is 2. The first-order valence-corrected chi connectivity index (χ1v) is 6.79. The molecule has 3 atom stereocenters. The van der Waals surface area contributed by atoms with Crippen molar-refractivity contribution in [2.75, 3.05) is 6.54 Å². The number of aromatic nitrogens is 1. The Hall–Kier alpha value is -1.81. The molecule has 3 unspecified atom stereocenters. The first-order valence-electron chi connectivity index (χ1n) is 6.79. The van der Waals surface area contributed by atoms with Gasteiger partial charge in [-0.1, -0.05) is 12.1 Å². The predicted molar refractivity (Wildman–Crippen MR) is 72.3 cm³/mol. The lowest BCUT2D eigenvalue weighted by molar-refractivity contribution is -0.142. The summed E-state index contributed by atoms with van der Waals surface area (Å²) in [6.07, 6.45) is 3.83. The second-order valence-electron chi connectivity index (χ2n) is 5.68. The monoisotopic (exact) mass is 256 g/mol. The number of hydrogen-bond donors (Lipinski definition) is 3. The quantitative estimate of drug-likeness (QED) is 0.729.